The maximum absolute atomic E-state index is 13.1. The first-order valence-electron chi connectivity index (χ1n) is 8.45. The number of nitriles is 1. The molecule has 0 saturated carbocycles. The summed E-state index contributed by atoms with van der Waals surface area (Å²) in [6, 6.07) is 14.9. The minimum absolute atomic E-state index is 0.0254. The van der Waals surface area contributed by atoms with Gasteiger partial charge in [0.1, 0.15) is 17.6 Å². The van der Waals surface area contributed by atoms with Gasteiger partial charge in [0.15, 0.2) is 0 Å². The molecule has 0 N–H and O–H groups in total. The third-order valence-electron chi connectivity index (χ3n) is 4.61. The molecule has 134 valence electrons. The zero-order valence-corrected chi connectivity index (χ0v) is 14.6. The molecule has 1 amide bonds. The molecule has 0 spiro atoms. The lowest BCUT2D eigenvalue weighted by atomic mass is 10.1. The summed E-state index contributed by atoms with van der Waals surface area (Å²) < 4.78 is 18.2. The normalized spacial score (nSPS) is 16.0. The van der Waals surface area contributed by atoms with E-state index in [0.29, 0.717) is 37.5 Å². The quantitative estimate of drug-likeness (QED) is 0.848. The smallest absolute Gasteiger partial charge is 0.253 e. The van der Waals surface area contributed by atoms with E-state index < -0.39 is 6.04 Å². The number of carbonyl (C=O) groups is 1. The van der Waals surface area contributed by atoms with Crippen molar-refractivity contribution < 1.29 is 13.9 Å². The lowest BCUT2D eigenvalue weighted by Crippen LogP contribution is -2.49. The summed E-state index contributed by atoms with van der Waals surface area (Å²) in [7, 11) is 1.59. The largest absolute Gasteiger partial charge is 0.497 e. The highest BCUT2D eigenvalue weighted by Crippen LogP contribution is 2.22. The highest BCUT2D eigenvalue weighted by Gasteiger charge is 2.27. The SMILES string of the molecule is COc1ccc(C(=O)N2CCN([C@@H](C#N)c3ccc(F)cc3)CC2)cc1. The van der Waals surface area contributed by atoms with Gasteiger partial charge in [-0.25, -0.2) is 4.39 Å². The number of halogens is 1. The van der Waals surface area contributed by atoms with E-state index in [1.807, 2.05) is 4.90 Å². The maximum Gasteiger partial charge on any atom is 0.253 e. The van der Waals surface area contributed by atoms with E-state index in [9.17, 15) is 14.4 Å². The van der Waals surface area contributed by atoms with Crippen LogP contribution >= 0.6 is 0 Å². The Labute approximate surface area is 152 Å². The van der Waals surface area contributed by atoms with Crippen LogP contribution in [0.5, 0.6) is 5.75 Å². The Morgan fingerprint density at radius 1 is 1.08 bits per heavy atom. The first-order chi connectivity index (χ1) is 12.6. The zero-order valence-electron chi connectivity index (χ0n) is 14.6. The van der Waals surface area contributed by atoms with Crippen molar-refractivity contribution in [3.63, 3.8) is 0 Å². The molecule has 3 rings (SSSR count). The number of nitrogens with zero attached hydrogens (tertiary/aromatic N) is 3. The van der Waals surface area contributed by atoms with Crippen molar-refractivity contribution in [3.05, 3.63) is 65.5 Å². The van der Waals surface area contributed by atoms with Crippen LogP contribution < -0.4 is 4.74 Å². The maximum atomic E-state index is 13.1. The minimum atomic E-state index is -0.436. The van der Waals surface area contributed by atoms with Crippen molar-refractivity contribution in [1.29, 1.82) is 5.26 Å². The Balaban J connectivity index is 1.63. The topological polar surface area (TPSA) is 56.6 Å². The molecule has 0 radical (unpaired) electrons. The number of hydrogen-bond donors (Lipinski definition) is 0. The first kappa shape index (κ1) is 17.9. The molecule has 1 fully saturated rings. The first-order valence-corrected chi connectivity index (χ1v) is 8.45. The van der Waals surface area contributed by atoms with Crippen molar-refractivity contribution in [1.82, 2.24) is 9.80 Å². The molecule has 0 aromatic heterocycles. The molecule has 1 heterocycles. The van der Waals surface area contributed by atoms with Crippen LogP contribution in [0.1, 0.15) is 22.0 Å². The van der Waals surface area contributed by atoms with E-state index in [-0.39, 0.29) is 11.7 Å². The van der Waals surface area contributed by atoms with Gasteiger partial charge in [0, 0.05) is 31.7 Å². The van der Waals surface area contributed by atoms with Crippen LogP contribution in [0.15, 0.2) is 48.5 Å². The van der Waals surface area contributed by atoms with Gasteiger partial charge in [0.2, 0.25) is 0 Å². The number of carbonyl (C=O) groups excluding carboxylic acids is 1. The Kier molecular flexibility index (Phi) is 5.49. The molecular formula is C20H20FN3O2. The van der Waals surface area contributed by atoms with Gasteiger partial charge in [0.25, 0.3) is 5.91 Å². The number of amides is 1. The van der Waals surface area contributed by atoms with Gasteiger partial charge in [-0.2, -0.15) is 5.26 Å². The van der Waals surface area contributed by atoms with E-state index >= 15 is 0 Å². The van der Waals surface area contributed by atoms with Crippen molar-refractivity contribution in [2.45, 2.75) is 6.04 Å². The Bertz CT molecular complexity index is 791. The van der Waals surface area contributed by atoms with Gasteiger partial charge < -0.3 is 9.64 Å². The Hall–Kier alpha value is -2.91. The Morgan fingerprint density at radius 3 is 2.23 bits per heavy atom. The van der Waals surface area contributed by atoms with Crippen molar-refractivity contribution >= 4 is 5.91 Å². The second kappa shape index (κ2) is 7.98. The monoisotopic (exact) mass is 353 g/mol. The lowest BCUT2D eigenvalue weighted by Gasteiger charge is -2.37. The molecule has 1 aliphatic heterocycles. The molecule has 5 nitrogen and oxygen atoms in total. The molecule has 2 aromatic rings. The molecular weight excluding hydrogens is 333 g/mol. The van der Waals surface area contributed by atoms with Crippen LogP contribution in [0, 0.1) is 17.1 Å². The summed E-state index contributed by atoms with van der Waals surface area (Å²) >= 11 is 0. The second-order valence-corrected chi connectivity index (χ2v) is 6.14. The summed E-state index contributed by atoms with van der Waals surface area (Å²) in [6.07, 6.45) is 0. The number of ether oxygens (including phenoxy) is 1. The van der Waals surface area contributed by atoms with E-state index in [1.165, 1.54) is 12.1 Å². The van der Waals surface area contributed by atoms with E-state index in [0.717, 1.165) is 5.56 Å². The van der Waals surface area contributed by atoms with Gasteiger partial charge in [-0.05, 0) is 42.0 Å². The van der Waals surface area contributed by atoms with Gasteiger partial charge >= 0.3 is 0 Å². The molecule has 0 unspecified atom stereocenters. The van der Waals surface area contributed by atoms with Crippen LogP contribution in [0.2, 0.25) is 0 Å². The molecule has 0 bridgehead atoms. The highest BCUT2D eigenvalue weighted by atomic mass is 19.1. The fourth-order valence-electron chi connectivity index (χ4n) is 3.11. The third-order valence-corrected chi connectivity index (χ3v) is 4.61. The number of benzene rings is 2. The molecule has 6 heteroatoms. The predicted molar refractivity (Wildman–Crippen MR) is 95.2 cm³/mol. The second-order valence-electron chi connectivity index (χ2n) is 6.14. The summed E-state index contributed by atoms with van der Waals surface area (Å²) in [6.45, 7) is 2.28. The van der Waals surface area contributed by atoms with Crippen LogP contribution in [0.3, 0.4) is 0 Å². The molecule has 2 aromatic carbocycles. The summed E-state index contributed by atoms with van der Waals surface area (Å²) in [5.74, 6) is 0.366. The van der Waals surface area contributed by atoms with Crippen LogP contribution in [-0.4, -0.2) is 49.0 Å². The molecule has 0 aliphatic carbocycles. The Morgan fingerprint density at radius 2 is 1.69 bits per heavy atom. The molecule has 1 atom stereocenters. The molecule has 1 aliphatic rings. The highest BCUT2D eigenvalue weighted by molar-refractivity contribution is 5.94. The number of piperazine rings is 1. The number of rotatable bonds is 4. The average Bonchev–Trinajstić information content (AvgIpc) is 2.70. The van der Waals surface area contributed by atoms with E-state index in [4.69, 9.17) is 4.74 Å². The van der Waals surface area contributed by atoms with Gasteiger partial charge in [-0.15, -0.1) is 0 Å². The third kappa shape index (κ3) is 3.84. The number of methoxy groups -OCH3 is 1. The number of hydrogen-bond acceptors (Lipinski definition) is 4. The van der Waals surface area contributed by atoms with Crippen LogP contribution in [-0.2, 0) is 0 Å². The standard InChI is InChI=1S/C20H20FN3O2/c1-26-18-8-4-16(5-9-18)20(25)24-12-10-23(11-13-24)19(14-22)15-2-6-17(21)7-3-15/h2-9,19H,10-13H2,1H3/t19-/m0/s1. The van der Waals surface area contributed by atoms with Crippen LogP contribution in [0.4, 0.5) is 4.39 Å². The lowest BCUT2D eigenvalue weighted by molar-refractivity contribution is 0.0606. The average molecular weight is 353 g/mol. The summed E-state index contributed by atoms with van der Waals surface area (Å²) in [5.41, 5.74) is 1.39. The van der Waals surface area contributed by atoms with Gasteiger partial charge in [-0.1, -0.05) is 12.1 Å². The molecule has 26 heavy (non-hydrogen) atoms. The minimum Gasteiger partial charge on any atom is -0.497 e. The van der Waals surface area contributed by atoms with E-state index in [1.54, 1.807) is 48.4 Å². The van der Waals surface area contributed by atoms with Crippen molar-refractivity contribution in [2.75, 3.05) is 33.3 Å². The molecule has 1 saturated heterocycles. The van der Waals surface area contributed by atoms with E-state index in [2.05, 4.69) is 6.07 Å². The van der Waals surface area contributed by atoms with Crippen LogP contribution in [0.25, 0.3) is 0 Å². The van der Waals surface area contributed by atoms with Gasteiger partial charge in [0.05, 0.1) is 13.2 Å². The fourth-order valence-corrected chi connectivity index (χ4v) is 3.11. The fraction of sp³-hybridized carbons (Fsp3) is 0.300. The van der Waals surface area contributed by atoms with Crippen molar-refractivity contribution in [3.8, 4) is 11.8 Å². The summed E-state index contributed by atoms with van der Waals surface area (Å²) in [4.78, 5) is 16.4. The van der Waals surface area contributed by atoms with Crippen molar-refractivity contribution in [2.24, 2.45) is 0 Å². The predicted octanol–water partition coefficient (Wildman–Crippen LogP) is 2.86. The van der Waals surface area contributed by atoms with Gasteiger partial charge in [-0.3, -0.25) is 9.69 Å². The zero-order chi connectivity index (χ0) is 18.5. The summed E-state index contributed by atoms with van der Waals surface area (Å²) in [5, 5.41) is 9.53.